The molecule has 0 fully saturated rings. The third-order valence-electron chi connectivity index (χ3n) is 1.76. The monoisotopic (exact) mass is 231 g/mol. The maximum atomic E-state index is 10.6. The lowest BCUT2D eigenvalue weighted by atomic mass is 10.1. The standard InChI is InChI=1S/C10H13NO3.ClH/c1-6(11)8-3-4-10(9(13)5-8)14-7(2)12;/h3-6,13H,11H2,1-2H3;1H/t6-;/m0./s1. The van der Waals surface area contributed by atoms with Gasteiger partial charge in [0.1, 0.15) is 0 Å². The van der Waals surface area contributed by atoms with Crippen molar-refractivity contribution in [3.63, 3.8) is 0 Å². The topological polar surface area (TPSA) is 72.5 Å². The van der Waals surface area contributed by atoms with E-state index in [1.54, 1.807) is 13.0 Å². The van der Waals surface area contributed by atoms with Crippen molar-refractivity contribution in [1.29, 1.82) is 0 Å². The molecule has 0 heterocycles. The number of esters is 1. The average Bonchev–Trinajstić information content (AvgIpc) is 2.07. The number of aromatic hydroxyl groups is 1. The van der Waals surface area contributed by atoms with Crippen molar-refractivity contribution in [2.24, 2.45) is 5.73 Å². The van der Waals surface area contributed by atoms with Gasteiger partial charge in [0.2, 0.25) is 0 Å². The lowest BCUT2D eigenvalue weighted by Crippen LogP contribution is -2.06. The van der Waals surface area contributed by atoms with Crippen LogP contribution in [-0.4, -0.2) is 11.1 Å². The van der Waals surface area contributed by atoms with Crippen LogP contribution in [0.3, 0.4) is 0 Å². The van der Waals surface area contributed by atoms with E-state index in [2.05, 4.69) is 0 Å². The summed E-state index contributed by atoms with van der Waals surface area (Å²) < 4.78 is 4.75. The Morgan fingerprint density at radius 3 is 2.53 bits per heavy atom. The second-order valence-corrected chi connectivity index (χ2v) is 3.11. The van der Waals surface area contributed by atoms with Crippen molar-refractivity contribution >= 4 is 18.4 Å². The Morgan fingerprint density at radius 1 is 1.53 bits per heavy atom. The highest BCUT2D eigenvalue weighted by atomic mass is 35.5. The molecule has 0 aliphatic rings. The predicted octanol–water partition coefficient (Wildman–Crippen LogP) is 1.76. The second kappa shape index (κ2) is 5.58. The summed E-state index contributed by atoms with van der Waals surface area (Å²) in [5.74, 6) is -0.384. The zero-order chi connectivity index (χ0) is 10.7. The zero-order valence-corrected chi connectivity index (χ0v) is 9.38. The highest BCUT2D eigenvalue weighted by molar-refractivity contribution is 5.85. The third kappa shape index (κ3) is 3.77. The fourth-order valence-electron chi connectivity index (χ4n) is 1.06. The number of nitrogens with two attached hydrogens (primary N) is 1. The van der Waals surface area contributed by atoms with Gasteiger partial charge in [-0.1, -0.05) is 6.07 Å². The second-order valence-electron chi connectivity index (χ2n) is 3.11. The molecule has 0 bridgehead atoms. The van der Waals surface area contributed by atoms with Crippen LogP contribution in [0.25, 0.3) is 0 Å². The first-order valence-electron chi connectivity index (χ1n) is 4.27. The lowest BCUT2D eigenvalue weighted by Gasteiger charge is -2.08. The van der Waals surface area contributed by atoms with Crippen LogP contribution in [-0.2, 0) is 4.79 Å². The van der Waals surface area contributed by atoms with Gasteiger partial charge < -0.3 is 15.6 Å². The van der Waals surface area contributed by atoms with Crippen molar-refractivity contribution < 1.29 is 14.6 Å². The summed E-state index contributed by atoms with van der Waals surface area (Å²) in [6, 6.07) is 4.56. The molecular formula is C10H14ClNO3. The van der Waals surface area contributed by atoms with Crippen molar-refractivity contribution in [3.8, 4) is 11.5 Å². The molecule has 4 nitrogen and oxygen atoms in total. The van der Waals surface area contributed by atoms with Crippen molar-refractivity contribution in [3.05, 3.63) is 23.8 Å². The van der Waals surface area contributed by atoms with Gasteiger partial charge in [0.05, 0.1) is 0 Å². The fraction of sp³-hybridized carbons (Fsp3) is 0.300. The first-order valence-corrected chi connectivity index (χ1v) is 4.27. The van der Waals surface area contributed by atoms with E-state index in [4.69, 9.17) is 10.5 Å². The molecule has 0 radical (unpaired) electrons. The Kier molecular flexibility index (Phi) is 5.11. The van der Waals surface area contributed by atoms with E-state index in [1.165, 1.54) is 19.1 Å². The maximum absolute atomic E-state index is 10.6. The molecule has 1 atom stereocenters. The summed E-state index contributed by atoms with van der Waals surface area (Å²) in [6.07, 6.45) is 0. The Labute approximate surface area is 94.5 Å². The van der Waals surface area contributed by atoms with Gasteiger partial charge in [0.15, 0.2) is 11.5 Å². The summed E-state index contributed by atoms with van der Waals surface area (Å²) in [5, 5.41) is 9.46. The molecule has 0 aliphatic heterocycles. The number of phenolic OH excluding ortho intramolecular Hbond substituents is 1. The van der Waals surface area contributed by atoms with E-state index >= 15 is 0 Å². The number of halogens is 1. The normalized spacial score (nSPS) is 11.4. The van der Waals surface area contributed by atoms with Crippen molar-refractivity contribution in [2.75, 3.05) is 0 Å². The van der Waals surface area contributed by atoms with Crippen molar-refractivity contribution in [2.45, 2.75) is 19.9 Å². The van der Waals surface area contributed by atoms with E-state index in [9.17, 15) is 9.90 Å². The molecular weight excluding hydrogens is 218 g/mol. The van der Waals surface area contributed by atoms with Gasteiger partial charge in [0, 0.05) is 13.0 Å². The molecule has 0 aromatic heterocycles. The number of ether oxygens (including phenoxy) is 1. The molecule has 84 valence electrons. The van der Waals surface area contributed by atoms with Crippen LogP contribution >= 0.6 is 12.4 Å². The first-order chi connectivity index (χ1) is 6.50. The minimum absolute atomic E-state index is 0. The van der Waals surface area contributed by atoms with Gasteiger partial charge >= 0.3 is 5.97 Å². The predicted molar refractivity (Wildman–Crippen MR) is 59.3 cm³/mol. The average molecular weight is 232 g/mol. The molecule has 1 rings (SSSR count). The van der Waals surface area contributed by atoms with Gasteiger partial charge in [-0.15, -0.1) is 12.4 Å². The molecule has 0 spiro atoms. The molecule has 0 aliphatic carbocycles. The molecule has 0 unspecified atom stereocenters. The van der Waals surface area contributed by atoms with Crippen LogP contribution in [0.1, 0.15) is 25.5 Å². The quantitative estimate of drug-likeness (QED) is 0.601. The van der Waals surface area contributed by atoms with Crippen LogP contribution in [0.4, 0.5) is 0 Å². The molecule has 0 saturated carbocycles. The van der Waals surface area contributed by atoms with Gasteiger partial charge in [-0.25, -0.2) is 0 Å². The van der Waals surface area contributed by atoms with Crippen molar-refractivity contribution in [1.82, 2.24) is 0 Å². The van der Waals surface area contributed by atoms with Crippen LogP contribution in [0.5, 0.6) is 11.5 Å². The molecule has 0 saturated heterocycles. The minimum atomic E-state index is -0.464. The summed E-state index contributed by atoms with van der Waals surface area (Å²) >= 11 is 0. The van der Waals surface area contributed by atoms with Crippen LogP contribution < -0.4 is 10.5 Å². The maximum Gasteiger partial charge on any atom is 0.308 e. The molecule has 1 aromatic carbocycles. The highest BCUT2D eigenvalue weighted by Gasteiger charge is 2.07. The van der Waals surface area contributed by atoms with E-state index in [1.807, 2.05) is 0 Å². The smallest absolute Gasteiger partial charge is 0.308 e. The van der Waals surface area contributed by atoms with E-state index in [0.717, 1.165) is 5.56 Å². The number of hydrogen-bond acceptors (Lipinski definition) is 4. The Balaban J connectivity index is 0.00000196. The van der Waals surface area contributed by atoms with Gasteiger partial charge in [-0.05, 0) is 24.6 Å². The number of benzene rings is 1. The van der Waals surface area contributed by atoms with Gasteiger partial charge in [-0.2, -0.15) is 0 Å². The van der Waals surface area contributed by atoms with Gasteiger partial charge in [0.25, 0.3) is 0 Å². The molecule has 5 heteroatoms. The van der Waals surface area contributed by atoms with E-state index in [0.29, 0.717) is 0 Å². The summed E-state index contributed by atoms with van der Waals surface area (Å²) in [6.45, 7) is 3.08. The number of phenols is 1. The summed E-state index contributed by atoms with van der Waals surface area (Å²) in [4.78, 5) is 10.6. The van der Waals surface area contributed by atoms with Crippen LogP contribution in [0, 0.1) is 0 Å². The SMILES string of the molecule is CC(=O)Oc1ccc([C@H](C)N)cc1O.Cl. The van der Waals surface area contributed by atoms with Crippen LogP contribution in [0.15, 0.2) is 18.2 Å². The molecule has 3 N–H and O–H groups in total. The highest BCUT2D eigenvalue weighted by Crippen LogP contribution is 2.28. The van der Waals surface area contributed by atoms with Crippen LogP contribution in [0.2, 0.25) is 0 Å². The molecule has 15 heavy (non-hydrogen) atoms. The Morgan fingerprint density at radius 2 is 2.13 bits per heavy atom. The first kappa shape index (κ1) is 13.7. The molecule has 0 amide bonds. The lowest BCUT2D eigenvalue weighted by molar-refractivity contribution is -0.132. The minimum Gasteiger partial charge on any atom is -0.504 e. The van der Waals surface area contributed by atoms with E-state index in [-0.39, 0.29) is 29.9 Å². The summed E-state index contributed by atoms with van der Waals surface area (Å²) in [5.41, 5.74) is 6.41. The number of carbonyl (C=O) groups excluding carboxylic acids is 1. The Hall–Kier alpha value is -1.26. The summed E-state index contributed by atoms with van der Waals surface area (Å²) in [7, 11) is 0. The van der Waals surface area contributed by atoms with E-state index < -0.39 is 5.97 Å². The third-order valence-corrected chi connectivity index (χ3v) is 1.76. The van der Waals surface area contributed by atoms with Gasteiger partial charge in [-0.3, -0.25) is 4.79 Å². The number of rotatable bonds is 2. The largest absolute Gasteiger partial charge is 0.504 e. The number of hydrogen-bond donors (Lipinski definition) is 2. The Bertz CT molecular complexity index is 353. The number of carbonyl (C=O) groups is 1. The fourth-order valence-corrected chi connectivity index (χ4v) is 1.06. The zero-order valence-electron chi connectivity index (χ0n) is 8.56. The molecule has 1 aromatic rings.